The van der Waals surface area contributed by atoms with Crippen molar-refractivity contribution >= 4 is 17.4 Å². The van der Waals surface area contributed by atoms with Crippen LogP contribution in [-0.4, -0.2) is 15.6 Å². The third-order valence-corrected chi connectivity index (χ3v) is 2.38. The Labute approximate surface area is 98.7 Å². The molecule has 0 radical (unpaired) electrons. The molecular formula is C12H11ClN2O. The molecule has 2 aromatic rings. The first-order valence-electron chi connectivity index (χ1n) is 4.97. The summed E-state index contributed by atoms with van der Waals surface area (Å²) < 4.78 is 1.55. The molecule has 2 rings (SSSR count). The summed E-state index contributed by atoms with van der Waals surface area (Å²) in [7, 11) is 0. The van der Waals surface area contributed by atoms with E-state index in [0.29, 0.717) is 11.4 Å². The summed E-state index contributed by atoms with van der Waals surface area (Å²) in [6, 6.07) is 9.66. The van der Waals surface area contributed by atoms with E-state index in [-0.39, 0.29) is 12.3 Å². The molecule has 1 heterocycles. The first kappa shape index (κ1) is 10.9. The Kier molecular flexibility index (Phi) is 3.37. The number of Topliss-reactive ketones (excluding diaryl/α,β-unsaturated/α-hetero) is 1. The highest BCUT2D eigenvalue weighted by atomic mass is 35.5. The van der Waals surface area contributed by atoms with Gasteiger partial charge in [-0.15, -0.1) is 0 Å². The van der Waals surface area contributed by atoms with Crippen LogP contribution in [0.2, 0.25) is 5.02 Å². The van der Waals surface area contributed by atoms with Crippen LogP contribution in [0.25, 0.3) is 0 Å². The topological polar surface area (TPSA) is 34.9 Å². The molecule has 1 aromatic carbocycles. The van der Waals surface area contributed by atoms with Gasteiger partial charge in [0.2, 0.25) is 0 Å². The van der Waals surface area contributed by atoms with Crippen molar-refractivity contribution in [2.24, 2.45) is 0 Å². The summed E-state index contributed by atoms with van der Waals surface area (Å²) in [5.41, 5.74) is 1.02. The third kappa shape index (κ3) is 2.94. The van der Waals surface area contributed by atoms with E-state index in [9.17, 15) is 4.79 Å². The van der Waals surface area contributed by atoms with Gasteiger partial charge in [-0.05, 0) is 5.56 Å². The van der Waals surface area contributed by atoms with Gasteiger partial charge in [-0.3, -0.25) is 9.48 Å². The smallest absolute Gasteiger partial charge is 0.158 e. The van der Waals surface area contributed by atoms with Crippen LogP contribution in [0, 0.1) is 0 Å². The van der Waals surface area contributed by atoms with Gasteiger partial charge in [-0.25, -0.2) is 0 Å². The molecule has 0 aliphatic carbocycles. The summed E-state index contributed by atoms with van der Waals surface area (Å²) in [6.45, 7) is 0.265. The minimum absolute atomic E-state index is 0.117. The number of benzene rings is 1. The highest BCUT2D eigenvalue weighted by Crippen LogP contribution is 2.06. The summed E-state index contributed by atoms with van der Waals surface area (Å²) in [5, 5.41) is 4.51. The zero-order chi connectivity index (χ0) is 11.4. The van der Waals surface area contributed by atoms with Gasteiger partial charge in [0.05, 0.1) is 17.8 Å². The van der Waals surface area contributed by atoms with E-state index in [1.165, 1.54) is 6.20 Å². The minimum atomic E-state index is 0.117. The van der Waals surface area contributed by atoms with E-state index in [1.807, 2.05) is 30.3 Å². The molecule has 0 fully saturated rings. The standard InChI is InChI=1S/C12H11ClN2O/c13-11-7-14-15(8-11)9-12(16)6-10-4-2-1-3-5-10/h1-5,7-8H,6,9H2. The van der Waals surface area contributed by atoms with Gasteiger partial charge < -0.3 is 0 Å². The Balaban J connectivity index is 1.95. The quantitative estimate of drug-likeness (QED) is 0.814. The summed E-state index contributed by atoms with van der Waals surface area (Å²) >= 11 is 5.71. The lowest BCUT2D eigenvalue weighted by Gasteiger charge is -2.01. The van der Waals surface area contributed by atoms with E-state index in [2.05, 4.69) is 5.10 Å². The molecule has 0 bridgehead atoms. The largest absolute Gasteiger partial charge is 0.297 e. The summed E-state index contributed by atoms with van der Waals surface area (Å²) in [4.78, 5) is 11.7. The molecule has 1 aromatic heterocycles. The molecule has 0 aliphatic rings. The molecule has 16 heavy (non-hydrogen) atoms. The number of rotatable bonds is 4. The molecule has 4 heteroatoms. The molecule has 0 saturated heterocycles. The molecular weight excluding hydrogens is 224 g/mol. The monoisotopic (exact) mass is 234 g/mol. The summed E-state index contributed by atoms with van der Waals surface area (Å²) in [5.74, 6) is 0.117. The average Bonchev–Trinajstić information content (AvgIpc) is 2.65. The van der Waals surface area contributed by atoms with Crippen LogP contribution in [-0.2, 0) is 17.8 Å². The highest BCUT2D eigenvalue weighted by molar-refractivity contribution is 6.30. The number of ketones is 1. The maximum Gasteiger partial charge on any atom is 0.158 e. The van der Waals surface area contributed by atoms with Crippen molar-refractivity contribution in [2.45, 2.75) is 13.0 Å². The molecule has 0 saturated carbocycles. The first-order chi connectivity index (χ1) is 7.74. The van der Waals surface area contributed by atoms with Crippen LogP contribution < -0.4 is 0 Å². The fourth-order valence-corrected chi connectivity index (χ4v) is 1.64. The van der Waals surface area contributed by atoms with Gasteiger partial charge in [0.15, 0.2) is 5.78 Å². The molecule has 0 aliphatic heterocycles. The molecule has 0 atom stereocenters. The van der Waals surface area contributed by atoms with E-state index < -0.39 is 0 Å². The average molecular weight is 235 g/mol. The second kappa shape index (κ2) is 4.94. The predicted molar refractivity (Wildman–Crippen MR) is 62.4 cm³/mol. The van der Waals surface area contributed by atoms with Gasteiger partial charge in [0.25, 0.3) is 0 Å². The Morgan fingerprint density at radius 3 is 2.69 bits per heavy atom. The van der Waals surface area contributed by atoms with Gasteiger partial charge in [-0.1, -0.05) is 41.9 Å². The number of halogens is 1. The van der Waals surface area contributed by atoms with Gasteiger partial charge in [0.1, 0.15) is 0 Å². The lowest BCUT2D eigenvalue weighted by atomic mass is 10.1. The minimum Gasteiger partial charge on any atom is -0.297 e. The number of hydrogen-bond acceptors (Lipinski definition) is 2. The number of carbonyl (C=O) groups excluding carboxylic acids is 1. The van der Waals surface area contributed by atoms with Gasteiger partial charge >= 0.3 is 0 Å². The molecule has 82 valence electrons. The van der Waals surface area contributed by atoms with Crippen LogP contribution in [0.3, 0.4) is 0 Å². The van der Waals surface area contributed by atoms with Crippen molar-refractivity contribution in [3.05, 3.63) is 53.3 Å². The highest BCUT2D eigenvalue weighted by Gasteiger charge is 2.05. The SMILES string of the molecule is O=C(Cc1ccccc1)Cn1cc(Cl)cn1. The van der Waals surface area contributed by atoms with E-state index in [1.54, 1.807) is 10.9 Å². The third-order valence-electron chi connectivity index (χ3n) is 2.18. The van der Waals surface area contributed by atoms with Crippen molar-refractivity contribution in [3.8, 4) is 0 Å². The number of aromatic nitrogens is 2. The predicted octanol–water partition coefficient (Wildman–Crippen LogP) is 2.35. The molecule has 0 amide bonds. The number of nitrogens with zero attached hydrogens (tertiary/aromatic N) is 2. The van der Waals surface area contributed by atoms with E-state index >= 15 is 0 Å². The first-order valence-corrected chi connectivity index (χ1v) is 5.35. The lowest BCUT2D eigenvalue weighted by Crippen LogP contribution is -2.12. The number of hydrogen-bond donors (Lipinski definition) is 0. The fourth-order valence-electron chi connectivity index (χ4n) is 1.48. The maximum atomic E-state index is 11.7. The van der Waals surface area contributed by atoms with E-state index in [0.717, 1.165) is 5.56 Å². The van der Waals surface area contributed by atoms with Crippen molar-refractivity contribution in [2.75, 3.05) is 0 Å². The zero-order valence-corrected chi connectivity index (χ0v) is 9.39. The molecule has 3 nitrogen and oxygen atoms in total. The van der Waals surface area contributed by atoms with Crippen LogP contribution in [0.4, 0.5) is 0 Å². The Morgan fingerprint density at radius 1 is 1.31 bits per heavy atom. The normalized spacial score (nSPS) is 10.3. The lowest BCUT2D eigenvalue weighted by molar-refractivity contribution is -0.119. The molecule has 0 spiro atoms. The van der Waals surface area contributed by atoms with Gasteiger partial charge in [-0.2, -0.15) is 5.10 Å². The Hall–Kier alpha value is -1.61. The van der Waals surface area contributed by atoms with Crippen molar-refractivity contribution in [1.82, 2.24) is 9.78 Å². The Bertz CT molecular complexity index is 479. The Morgan fingerprint density at radius 2 is 2.06 bits per heavy atom. The second-order valence-electron chi connectivity index (χ2n) is 3.56. The van der Waals surface area contributed by atoms with Crippen molar-refractivity contribution < 1.29 is 4.79 Å². The zero-order valence-electron chi connectivity index (χ0n) is 8.64. The molecule has 0 unspecified atom stereocenters. The number of carbonyl (C=O) groups is 1. The summed E-state index contributed by atoms with van der Waals surface area (Å²) in [6.07, 6.45) is 3.60. The van der Waals surface area contributed by atoms with Crippen LogP contribution in [0.15, 0.2) is 42.7 Å². The van der Waals surface area contributed by atoms with Crippen LogP contribution >= 0.6 is 11.6 Å². The van der Waals surface area contributed by atoms with Crippen molar-refractivity contribution in [1.29, 1.82) is 0 Å². The van der Waals surface area contributed by atoms with Crippen LogP contribution in [0.1, 0.15) is 5.56 Å². The van der Waals surface area contributed by atoms with Crippen LogP contribution in [0.5, 0.6) is 0 Å². The second-order valence-corrected chi connectivity index (χ2v) is 3.99. The van der Waals surface area contributed by atoms with Gasteiger partial charge in [0, 0.05) is 12.6 Å². The van der Waals surface area contributed by atoms with E-state index in [4.69, 9.17) is 11.6 Å². The fraction of sp³-hybridized carbons (Fsp3) is 0.167. The maximum absolute atomic E-state index is 11.7. The van der Waals surface area contributed by atoms with Crippen molar-refractivity contribution in [3.63, 3.8) is 0 Å². The molecule has 0 N–H and O–H groups in total.